The van der Waals surface area contributed by atoms with Gasteiger partial charge in [0.25, 0.3) is 0 Å². The third-order valence-electron chi connectivity index (χ3n) is 2.94. The molecule has 0 aliphatic carbocycles. The molecule has 0 fully saturated rings. The second-order valence-electron chi connectivity index (χ2n) is 4.35. The molecule has 0 aliphatic rings. The van der Waals surface area contributed by atoms with Gasteiger partial charge in [-0.3, -0.25) is 0 Å². The monoisotopic (exact) mass is 278 g/mol. The van der Waals surface area contributed by atoms with Crippen molar-refractivity contribution in [3.8, 4) is 11.1 Å². The van der Waals surface area contributed by atoms with E-state index >= 15 is 0 Å². The molecule has 0 saturated carbocycles. The molecule has 3 rings (SSSR count). The van der Waals surface area contributed by atoms with Crippen LogP contribution in [0.2, 0.25) is 0 Å². The first-order chi connectivity index (χ1) is 9.90. The highest BCUT2D eigenvalue weighted by Gasteiger charge is 1.91. The fourth-order valence-electron chi connectivity index (χ4n) is 1.87. The Morgan fingerprint density at radius 3 is 1.15 bits per heavy atom. The molecule has 0 saturated heterocycles. The van der Waals surface area contributed by atoms with Crippen molar-refractivity contribution in [2.75, 3.05) is 6.66 Å². The van der Waals surface area contributed by atoms with Crippen molar-refractivity contribution in [1.82, 2.24) is 0 Å². The van der Waals surface area contributed by atoms with Crippen LogP contribution in [-0.4, -0.2) is 6.66 Å². The highest BCUT2D eigenvalue weighted by molar-refractivity contribution is 7.46. The van der Waals surface area contributed by atoms with Gasteiger partial charge in [-0.05, 0) is 23.1 Å². The Balaban J connectivity index is 0.000000160. The van der Waals surface area contributed by atoms with Gasteiger partial charge in [0.05, 0.1) is 0 Å². The molecule has 0 bridgehead atoms. The van der Waals surface area contributed by atoms with Gasteiger partial charge in [-0.25, -0.2) is 0 Å². The topological polar surface area (TPSA) is 0 Å². The van der Waals surface area contributed by atoms with E-state index in [0.29, 0.717) is 0 Å². The van der Waals surface area contributed by atoms with E-state index in [1.54, 1.807) is 0 Å². The average Bonchev–Trinajstić information content (AvgIpc) is 2.58. The van der Waals surface area contributed by atoms with E-state index in [-0.39, 0.29) is 0 Å². The first-order valence-corrected chi connectivity index (χ1v) is 8.23. The van der Waals surface area contributed by atoms with Gasteiger partial charge in [0.15, 0.2) is 0 Å². The summed E-state index contributed by atoms with van der Waals surface area (Å²) in [7, 11) is 0.930. The number of rotatable bonds is 2. The van der Waals surface area contributed by atoms with Gasteiger partial charge in [-0.1, -0.05) is 99.6 Å². The lowest BCUT2D eigenvalue weighted by Crippen LogP contribution is -1.87. The van der Waals surface area contributed by atoms with E-state index in [1.807, 2.05) is 18.2 Å². The van der Waals surface area contributed by atoms with Gasteiger partial charge in [0.2, 0.25) is 0 Å². The normalized spacial score (nSPS) is 10.1. The van der Waals surface area contributed by atoms with Crippen molar-refractivity contribution in [3.05, 3.63) is 91.0 Å². The van der Waals surface area contributed by atoms with Gasteiger partial charge < -0.3 is 0 Å². The second kappa shape index (κ2) is 8.30. The summed E-state index contributed by atoms with van der Waals surface area (Å²) in [6.07, 6.45) is 0. The van der Waals surface area contributed by atoms with Gasteiger partial charge in [0, 0.05) is 0 Å². The highest BCUT2D eigenvalue weighted by atomic mass is 31.1. The van der Waals surface area contributed by atoms with Crippen LogP contribution in [0.3, 0.4) is 0 Å². The Kier molecular flexibility index (Phi) is 6.02. The Labute approximate surface area is 123 Å². The molecular weight excluding hydrogens is 259 g/mol. The molecule has 1 unspecified atom stereocenters. The maximum Gasteiger partial charge on any atom is -0.0184 e. The fraction of sp³-hybridized carbons (Fsp3) is 0.0526. The maximum absolute atomic E-state index is 2.19. The first kappa shape index (κ1) is 14.5. The molecule has 0 aromatic heterocycles. The molecule has 0 aliphatic heterocycles. The van der Waals surface area contributed by atoms with Crippen molar-refractivity contribution < 1.29 is 0 Å². The Morgan fingerprint density at radius 1 is 0.500 bits per heavy atom. The van der Waals surface area contributed by atoms with E-state index in [2.05, 4.69) is 79.5 Å². The number of benzene rings is 3. The largest absolute Gasteiger partial charge is 0.0936 e. The van der Waals surface area contributed by atoms with Crippen LogP contribution in [0.25, 0.3) is 11.1 Å². The molecule has 0 heterocycles. The van der Waals surface area contributed by atoms with E-state index in [0.717, 1.165) is 8.58 Å². The molecule has 0 nitrogen and oxygen atoms in total. The van der Waals surface area contributed by atoms with Crippen molar-refractivity contribution in [2.45, 2.75) is 0 Å². The van der Waals surface area contributed by atoms with Gasteiger partial charge in [0.1, 0.15) is 0 Å². The average molecular weight is 278 g/mol. The third-order valence-corrected chi connectivity index (χ3v) is 3.85. The third kappa shape index (κ3) is 4.64. The van der Waals surface area contributed by atoms with Crippen molar-refractivity contribution in [1.29, 1.82) is 0 Å². The van der Waals surface area contributed by atoms with Crippen LogP contribution >= 0.6 is 8.58 Å². The first-order valence-electron chi connectivity index (χ1n) is 6.73. The minimum Gasteiger partial charge on any atom is -0.0936 e. The van der Waals surface area contributed by atoms with Crippen LogP contribution in [0.5, 0.6) is 0 Å². The number of hydrogen-bond donors (Lipinski definition) is 0. The van der Waals surface area contributed by atoms with Crippen LogP contribution in [0.4, 0.5) is 0 Å². The zero-order chi connectivity index (χ0) is 14.0. The molecule has 20 heavy (non-hydrogen) atoms. The summed E-state index contributed by atoms with van der Waals surface area (Å²) in [6.45, 7) is 2.19. The minimum absolute atomic E-state index is 0.930. The molecule has 3 aromatic rings. The fourth-order valence-corrected chi connectivity index (χ4v) is 2.39. The lowest BCUT2D eigenvalue weighted by atomic mass is 10.1. The van der Waals surface area contributed by atoms with E-state index in [9.17, 15) is 0 Å². The predicted octanol–water partition coefficient (Wildman–Crippen LogP) is 4.97. The maximum atomic E-state index is 2.19. The smallest absolute Gasteiger partial charge is 0.0184 e. The predicted molar refractivity (Wildman–Crippen MR) is 92.2 cm³/mol. The molecule has 1 heteroatoms. The molecule has 0 N–H and O–H groups in total. The summed E-state index contributed by atoms with van der Waals surface area (Å²) >= 11 is 0. The second-order valence-corrected chi connectivity index (χ2v) is 5.43. The summed E-state index contributed by atoms with van der Waals surface area (Å²) in [5.74, 6) is 0. The molecular formula is C19H19P. The van der Waals surface area contributed by atoms with Crippen LogP contribution in [-0.2, 0) is 0 Å². The van der Waals surface area contributed by atoms with E-state index in [1.165, 1.54) is 16.4 Å². The van der Waals surface area contributed by atoms with Crippen LogP contribution in [0.15, 0.2) is 91.0 Å². The van der Waals surface area contributed by atoms with Crippen molar-refractivity contribution in [2.24, 2.45) is 0 Å². The Hall–Kier alpha value is -1.91. The van der Waals surface area contributed by atoms with Crippen LogP contribution in [0, 0.1) is 0 Å². The lowest BCUT2D eigenvalue weighted by molar-refractivity contribution is 1.62. The van der Waals surface area contributed by atoms with Gasteiger partial charge in [-0.15, -0.1) is 0 Å². The standard InChI is InChI=1S/C12H10.C7H9P/c1-3-7-11(8-4-1)12-9-5-2-6-10-12;1-8-7-5-3-2-4-6-7/h1-10H;2-6,8H,1H3. The molecule has 3 aromatic carbocycles. The minimum atomic E-state index is 0.930. The molecule has 100 valence electrons. The van der Waals surface area contributed by atoms with Gasteiger partial charge in [-0.2, -0.15) is 0 Å². The summed E-state index contributed by atoms with van der Waals surface area (Å²) < 4.78 is 0. The zero-order valence-electron chi connectivity index (χ0n) is 11.7. The lowest BCUT2D eigenvalue weighted by Gasteiger charge is -1.98. The highest BCUT2D eigenvalue weighted by Crippen LogP contribution is 2.17. The van der Waals surface area contributed by atoms with Gasteiger partial charge >= 0.3 is 0 Å². The van der Waals surface area contributed by atoms with Crippen LogP contribution in [0.1, 0.15) is 0 Å². The van der Waals surface area contributed by atoms with E-state index in [4.69, 9.17) is 0 Å². The summed E-state index contributed by atoms with van der Waals surface area (Å²) in [6, 6.07) is 31.3. The SMILES string of the molecule is CPc1ccccc1.c1ccc(-c2ccccc2)cc1. The molecule has 0 amide bonds. The summed E-state index contributed by atoms with van der Waals surface area (Å²) in [5.41, 5.74) is 2.55. The quantitative estimate of drug-likeness (QED) is 0.580. The molecule has 1 atom stereocenters. The van der Waals surface area contributed by atoms with E-state index < -0.39 is 0 Å². The zero-order valence-corrected chi connectivity index (χ0v) is 12.7. The van der Waals surface area contributed by atoms with Crippen molar-refractivity contribution >= 4 is 13.9 Å². The van der Waals surface area contributed by atoms with Crippen molar-refractivity contribution in [3.63, 3.8) is 0 Å². The van der Waals surface area contributed by atoms with Crippen LogP contribution < -0.4 is 5.30 Å². The molecule has 0 spiro atoms. The Morgan fingerprint density at radius 2 is 0.850 bits per heavy atom. The summed E-state index contributed by atoms with van der Waals surface area (Å²) in [4.78, 5) is 0. The molecule has 0 radical (unpaired) electrons. The summed E-state index contributed by atoms with van der Waals surface area (Å²) in [5, 5.41) is 1.44. The Bertz CT molecular complexity index is 551. The number of hydrogen-bond acceptors (Lipinski definition) is 0.